The molecule has 0 aliphatic heterocycles. The van der Waals surface area contributed by atoms with Gasteiger partial charge in [-0.3, -0.25) is 9.00 Å². The molecule has 1 aromatic rings. The van der Waals surface area contributed by atoms with Crippen LogP contribution in [-0.4, -0.2) is 39.9 Å². The zero-order chi connectivity index (χ0) is 15.8. The number of nitrogens with one attached hydrogen (secondary N) is 1. The van der Waals surface area contributed by atoms with Gasteiger partial charge in [0.25, 0.3) is 5.91 Å². The molecule has 1 rings (SSSR count). The second-order valence-electron chi connectivity index (χ2n) is 4.92. The molecule has 0 saturated carbocycles. The number of hydrogen-bond acceptors (Lipinski definition) is 3. The van der Waals surface area contributed by atoms with Crippen molar-refractivity contribution in [2.24, 2.45) is 0 Å². The van der Waals surface area contributed by atoms with Crippen LogP contribution in [0.3, 0.4) is 0 Å². The lowest BCUT2D eigenvalue weighted by Crippen LogP contribution is -2.36. The van der Waals surface area contributed by atoms with Gasteiger partial charge in [0, 0.05) is 46.4 Å². The summed E-state index contributed by atoms with van der Waals surface area (Å²) < 4.78 is 11.1. The van der Waals surface area contributed by atoms with Crippen molar-refractivity contribution < 1.29 is 14.1 Å². The van der Waals surface area contributed by atoms with Crippen LogP contribution in [0.5, 0.6) is 0 Å². The van der Waals surface area contributed by atoms with Crippen LogP contribution in [0.25, 0.3) is 0 Å². The second-order valence-corrected chi connectivity index (χ2v) is 6.40. The maximum Gasteiger partial charge on any atom is 0.251 e. The van der Waals surface area contributed by atoms with Gasteiger partial charge >= 0.3 is 0 Å². The van der Waals surface area contributed by atoms with E-state index in [0.717, 1.165) is 11.1 Å². The fourth-order valence-corrected chi connectivity index (χ4v) is 2.60. The first-order valence-corrected chi connectivity index (χ1v) is 8.48. The Kier molecular flexibility index (Phi) is 7.13. The van der Waals surface area contributed by atoms with Crippen LogP contribution >= 0.6 is 0 Å². The number of aryl methyl sites for hydroxylation is 1. The van der Waals surface area contributed by atoms with Crippen LogP contribution in [0.15, 0.2) is 18.2 Å². The Hall–Kier alpha value is -1.64. The van der Waals surface area contributed by atoms with Crippen molar-refractivity contribution in [3.63, 3.8) is 0 Å². The van der Waals surface area contributed by atoms with E-state index in [4.69, 9.17) is 5.11 Å². The molecule has 2 atom stereocenters. The number of aliphatic hydroxyl groups excluding tert-OH is 1. The summed E-state index contributed by atoms with van der Waals surface area (Å²) in [6.45, 7) is 3.78. The zero-order valence-electron chi connectivity index (χ0n) is 12.6. The number of amides is 1. The summed E-state index contributed by atoms with van der Waals surface area (Å²) in [6, 6.07) is 5.19. The molecule has 0 radical (unpaired) electrons. The molecule has 114 valence electrons. The van der Waals surface area contributed by atoms with E-state index >= 15 is 0 Å². The summed E-state index contributed by atoms with van der Waals surface area (Å²) in [5.41, 5.74) is 2.30. The Balaban J connectivity index is 2.84. The average molecular weight is 307 g/mol. The van der Waals surface area contributed by atoms with Crippen LogP contribution in [0.1, 0.15) is 34.8 Å². The smallest absolute Gasteiger partial charge is 0.251 e. The Morgan fingerprint density at radius 3 is 2.81 bits per heavy atom. The zero-order valence-corrected chi connectivity index (χ0v) is 13.4. The first-order chi connectivity index (χ1) is 9.93. The predicted octanol–water partition coefficient (Wildman–Crippen LogP) is 1.23. The van der Waals surface area contributed by atoms with E-state index < -0.39 is 10.8 Å². The van der Waals surface area contributed by atoms with Gasteiger partial charge in [0.15, 0.2) is 0 Å². The van der Waals surface area contributed by atoms with Gasteiger partial charge in [-0.1, -0.05) is 17.9 Å². The van der Waals surface area contributed by atoms with E-state index in [-0.39, 0.29) is 18.6 Å². The first-order valence-electron chi connectivity index (χ1n) is 6.75. The van der Waals surface area contributed by atoms with Gasteiger partial charge in [-0.15, -0.1) is 0 Å². The van der Waals surface area contributed by atoms with E-state index in [1.165, 1.54) is 0 Å². The van der Waals surface area contributed by atoms with Crippen molar-refractivity contribution in [3.8, 4) is 11.8 Å². The summed E-state index contributed by atoms with van der Waals surface area (Å²) in [5.74, 6) is 6.04. The summed E-state index contributed by atoms with van der Waals surface area (Å²) in [6.07, 6.45) is 2.03. The largest absolute Gasteiger partial charge is 0.395 e. The van der Waals surface area contributed by atoms with Gasteiger partial charge in [-0.05, 0) is 31.5 Å². The molecular weight excluding hydrogens is 286 g/mol. The molecule has 1 amide bonds. The van der Waals surface area contributed by atoms with Crippen molar-refractivity contribution in [2.75, 3.05) is 18.6 Å². The summed E-state index contributed by atoms with van der Waals surface area (Å²) >= 11 is 0. The van der Waals surface area contributed by atoms with E-state index in [1.807, 2.05) is 19.9 Å². The molecule has 0 bridgehead atoms. The highest BCUT2D eigenvalue weighted by Crippen LogP contribution is 2.10. The van der Waals surface area contributed by atoms with Gasteiger partial charge in [-0.2, -0.15) is 0 Å². The minimum Gasteiger partial charge on any atom is -0.395 e. The van der Waals surface area contributed by atoms with Crippen LogP contribution in [0.2, 0.25) is 0 Å². The van der Waals surface area contributed by atoms with Crippen LogP contribution in [0.4, 0.5) is 0 Å². The van der Waals surface area contributed by atoms with Crippen molar-refractivity contribution in [1.29, 1.82) is 0 Å². The van der Waals surface area contributed by atoms with Gasteiger partial charge in [0.05, 0.1) is 6.61 Å². The molecular formula is C16H21NO3S. The molecule has 0 fully saturated rings. The molecule has 0 heterocycles. The number of aliphatic hydroxyl groups is 1. The standard InChI is InChI=1S/C16H21NO3S/c1-12-7-8-15(10-14(12)6-4-5-9-18)16(19)17-13(2)11-21(3)20/h7-8,10,13,18H,5,9,11H2,1-3H3,(H,17,19). The lowest BCUT2D eigenvalue weighted by molar-refractivity contribution is 0.0943. The Morgan fingerprint density at radius 1 is 1.48 bits per heavy atom. The van der Waals surface area contributed by atoms with Gasteiger partial charge in [-0.25, -0.2) is 0 Å². The summed E-state index contributed by atoms with van der Waals surface area (Å²) in [7, 11) is -0.943. The van der Waals surface area contributed by atoms with Crippen LogP contribution in [0, 0.1) is 18.8 Å². The van der Waals surface area contributed by atoms with Crippen molar-refractivity contribution in [2.45, 2.75) is 26.3 Å². The van der Waals surface area contributed by atoms with E-state index in [1.54, 1.807) is 18.4 Å². The molecule has 1 aromatic carbocycles. The molecule has 2 N–H and O–H groups in total. The number of benzene rings is 1. The molecule has 0 aliphatic rings. The monoisotopic (exact) mass is 307 g/mol. The van der Waals surface area contributed by atoms with E-state index in [2.05, 4.69) is 17.2 Å². The SMILES string of the molecule is Cc1ccc(C(=O)NC(C)CS(C)=O)cc1C#CCCO. The topological polar surface area (TPSA) is 66.4 Å². The van der Waals surface area contributed by atoms with Crippen molar-refractivity contribution >= 4 is 16.7 Å². The first kappa shape index (κ1) is 17.4. The molecule has 5 heteroatoms. The Labute approximate surface area is 128 Å². The predicted molar refractivity (Wildman–Crippen MR) is 85.6 cm³/mol. The quantitative estimate of drug-likeness (QED) is 0.804. The number of carbonyl (C=O) groups is 1. The molecule has 4 nitrogen and oxygen atoms in total. The fourth-order valence-electron chi connectivity index (χ4n) is 1.81. The maximum atomic E-state index is 12.1. The third kappa shape index (κ3) is 6.11. The van der Waals surface area contributed by atoms with Crippen molar-refractivity contribution in [3.05, 3.63) is 34.9 Å². The Morgan fingerprint density at radius 2 is 2.19 bits per heavy atom. The molecule has 21 heavy (non-hydrogen) atoms. The fraction of sp³-hybridized carbons (Fsp3) is 0.438. The molecule has 0 aliphatic carbocycles. The molecule has 2 unspecified atom stereocenters. The number of carbonyl (C=O) groups excluding carboxylic acids is 1. The van der Waals surface area contributed by atoms with Gasteiger partial charge in [0.2, 0.25) is 0 Å². The third-order valence-corrected chi connectivity index (χ3v) is 3.79. The minimum atomic E-state index is -0.943. The van der Waals surface area contributed by atoms with Gasteiger partial charge < -0.3 is 10.4 Å². The van der Waals surface area contributed by atoms with E-state index in [0.29, 0.717) is 17.7 Å². The Bertz CT molecular complexity index is 587. The normalized spacial score (nSPS) is 13.0. The highest BCUT2D eigenvalue weighted by atomic mass is 32.2. The number of rotatable bonds is 5. The lowest BCUT2D eigenvalue weighted by atomic mass is 10.0. The second kappa shape index (κ2) is 8.60. The number of hydrogen-bond donors (Lipinski definition) is 2. The third-order valence-electron chi connectivity index (χ3n) is 2.82. The van der Waals surface area contributed by atoms with Crippen LogP contribution < -0.4 is 5.32 Å². The minimum absolute atomic E-state index is 0.0257. The average Bonchev–Trinajstić information content (AvgIpc) is 2.39. The molecule has 0 saturated heterocycles. The molecule has 0 aromatic heterocycles. The van der Waals surface area contributed by atoms with Crippen LogP contribution in [-0.2, 0) is 10.8 Å². The maximum absolute atomic E-state index is 12.1. The summed E-state index contributed by atoms with van der Waals surface area (Å²) in [5, 5.41) is 11.6. The highest BCUT2D eigenvalue weighted by Gasteiger charge is 2.11. The lowest BCUT2D eigenvalue weighted by Gasteiger charge is -2.13. The van der Waals surface area contributed by atoms with Gasteiger partial charge in [0.1, 0.15) is 0 Å². The van der Waals surface area contributed by atoms with E-state index in [9.17, 15) is 9.00 Å². The molecule has 0 spiro atoms. The highest BCUT2D eigenvalue weighted by molar-refractivity contribution is 7.84. The van der Waals surface area contributed by atoms with Crippen molar-refractivity contribution in [1.82, 2.24) is 5.32 Å². The summed E-state index contributed by atoms with van der Waals surface area (Å²) in [4.78, 5) is 12.1.